The Morgan fingerprint density at radius 1 is 1.38 bits per heavy atom. The summed E-state index contributed by atoms with van der Waals surface area (Å²) < 4.78 is 3.11. The molecule has 3 nitrogen and oxygen atoms in total. The van der Waals surface area contributed by atoms with Crippen molar-refractivity contribution >= 4 is 15.9 Å². The molecule has 0 saturated heterocycles. The number of halogens is 1. The Labute approximate surface area is 134 Å². The summed E-state index contributed by atoms with van der Waals surface area (Å²) in [5.74, 6) is 0.489. The van der Waals surface area contributed by atoms with Gasteiger partial charge >= 0.3 is 0 Å². The molecule has 2 aromatic rings. The fourth-order valence-electron chi connectivity index (χ4n) is 3.35. The van der Waals surface area contributed by atoms with Crippen molar-refractivity contribution in [3.05, 3.63) is 51.8 Å². The molecule has 0 bridgehead atoms. The lowest BCUT2D eigenvalue weighted by atomic mass is 9.79. The highest BCUT2D eigenvalue weighted by atomic mass is 79.9. The van der Waals surface area contributed by atoms with Crippen LogP contribution in [0.3, 0.4) is 0 Å². The second-order valence-electron chi connectivity index (χ2n) is 5.90. The van der Waals surface area contributed by atoms with Crippen LogP contribution in [0.4, 0.5) is 0 Å². The molecule has 1 heterocycles. The standard InChI is InChI=1S/C17H22BrN3/c1-2-9-21-17(15(18)11-20-21)16(19)14-8-7-12-5-3-4-6-13(12)10-14/h3-6,11,14,16H,2,7-10,19H2,1H3. The van der Waals surface area contributed by atoms with Crippen LogP contribution >= 0.6 is 15.9 Å². The Morgan fingerprint density at radius 2 is 2.14 bits per heavy atom. The number of rotatable bonds is 4. The third-order valence-corrected chi connectivity index (χ3v) is 5.09. The minimum absolute atomic E-state index is 0.0433. The van der Waals surface area contributed by atoms with Crippen molar-refractivity contribution in [1.82, 2.24) is 9.78 Å². The van der Waals surface area contributed by atoms with Crippen molar-refractivity contribution in [2.45, 2.75) is 45.2 Å². The van der Waals surface area contributed by atoms with Crippen molar-refractivity contribution in [1.29, 1.82) is 0 Å². The van der Waals surface area contributed by atoms with Gasteiger partial charge in [0.1, 0.15) is 0 Å². The highest BCUT2D eigenvalue weighted by Gasteiger charge is 2.28. The van der Waals surface area contributed by atoms with Gasteiger partial charge in [-0.05, 0) is 58.7 Å². The van der Waals surface area contributed by atoms with E-state index in [0.717, 1.165) is 42.4 Å². The third-order valence-electron chi connectivity index (χ3n) is 4.48. The van der Waals surface area contributed by atoms with Crippen molar-refractivity contribution < 1.29 is 0 Å². The number of aromatic nitrogens is 2. The summed E-state index contributed by atoms with van der Waals surface area (Å²) >= 11 is 3.62. The van der Waals surface area contributed by atoms with Gasteiger partial charge < -0.3 is 5.73 Å². The minimum Gasteiger partial charge on any atom is -0.322 e. The highest BCUT2D eigenvalue weighted by Crippen LogP contribution is 2.35. The van der Waals surface area contributed by atoms with Gasteiger partial charge in [-0.25, -0.2) is 0 Å². The van der Waals surface area contributed by atoms with E-state index < -0.39 is 0 Å². The molecular formula is C17H22BrN3. The van der Waals surface area contributed by atoms with Gasteiger partial charge in [0.2, 0.25) is 0 Å². The smallest absolute Gasteiger partial charge is 0.0696 e. The first-order valence-corrected chi connectivity index (χ1v) is 8.53. The van der Waals surface area contributed by atoms with Gasteiger partial charge in [0.15, 0.2) is 0 Å². The average molecular weight is 348 g/mol. The molecule has 0 saturated carbocycles. The molecule has 0 aliphatic heterocycles. The van der Waals surface area contributed by atoms with Gasteiger partial charge in [0, 0.05) is 6.54 Å². The SMILES string of the molecule is CCCn1ncc(Br)c1C(N)C1CCc2ccccc2C1. The fourth-order valence-corrected chi connectivity index (χ4v) is 3.91. The number of aryl methyl sites for hydroxylation is 2. The van der Waals surface area contributed by atoms with Crippen LogP contribution in [0.2, 0.25) is 0 Å². The molecule has 2 N–H and O–H groups in total. The average Bonchev–Trinajstić information content (AvgIpc) is 2.87. The maximum atomic E-state index is 6.61. The molecule has 112 valence electrons. The second kappa shape index (κ2) is 6.32. The Hall–Kier alpha value is -1.13. The Bertz CT molecular complexity index is 620. The number of hydrogen-bond donors (Lipinski definition) is 1. The number of fused-ring (bicyclic) bond motifs is 1. The van der Waals surface area contributed by atoms with Gasteiger partial charge in [0.05, 0.1) is 22.4 Å². The summed E-state index contributed by atoms with van der Waals surface area (Å²) in [5, 5.41) is 4.46. The van der Waals surface area contributed by atoms with Crippen LogP contribution in [0.15, 0.2) is 34.9 Å². The summed E-state index contributed by atoms with van der Waals surface area (Å²) in [5.41, 5.74) is 10.7. The fraction of sp³-hybridized carbons (Fsp3) is 0.471. The number of benzene rings is 1. The molecular weight excluding hydrogens is 326 g/mol. The van der Waals surface area contributed by atoms with Crippen LogP contribution in [0.1, 0.15) is 42.6 Å². The lowest BCUT2D eigenvalue weighted by molar-refractivity contribution is 0.361. The summed E-state index contributed by atoms with van der Waals surface area (Å²) in [6.45, 7) is 3.10. The Kier molecular flexibility index (Phi) is 4.45. The largest absolute Gasteiger partial charge is 0.322 e. The van der Waals surface area contributed by atoms with Crippen LogP contribution in [-0.4, -0.2) is 9.78 Å². The van der Waals surface area contributed by atoms with Crippen LogP contribution in [0.25, 0.3) is 0 Å². The van der Waals surface area contributed by atoms with E-state index in [-0.39, 0.29) is 6.04 Å². The lowest BCUT2D eigenvalue weighted by Gasteiger charge is -2.30. The topological polar surface area (TPSA) is 43.8 Å². The zero-order valence-electron chi connectivity index (χ0n) is 12.4. The van der Waals surface area contributed by atoms with Crippen LogP contribution < -0.4 is 5.73 Å². The zero-order valence-corrected chi connectivity index (χ0v) is 14.0. The van der Waals surface area contributed by atoms with Crippen LogP contribution in [0, 0.1) is 5.92 Å². The first kappa shape index (κ1) is 14.8. The molecule has 2 unspecified atom stereocenters. The molecule has 3 rings (SSSR count). The lowest BCUT2D eigenvalue weighted by Crippen LogP contribution is -2.29. The number of nitrogens with two attached hydrogens (primary N) is 1. The van der Waals surface area contributed by atoms with E-state index in [4.69, 9.17) is 5.73 Å². The summed E-state index contributed by atoms with van der Waals surface area (Å²) in [6, 6.07) is 8.79. The summed E-state index contributed by atoms with van der Waals surface area (Å²) in [7, 11) is 0. The van der Waals surface area contributed by atoms with E-state index in [1.165, 1.54) is 11.1 Å². The van der Waals surface area contributed by atoms with Gasteiger partial charge in [-0.2, -0.15) is 5.10 Å². The van der Waals surface area contributed by atoms with E-state index in [2.05, 4.69) is 56.9 Å². The molecule has 1 aliphatic rings. The minimum atomic E-state index is 0.0433. The van der Waals surface area contributed by atoms with Gasteiger partial charge in [-0.15, -0.1) is 0 Å². The predicted octanol–water partition coefficient (Wildman–Crippen LogP) is 3.86. The molecule has 0 spiro atoms. The molecule has 21 heavy (non-hydrogen) atoms. The zero-order chi connectivity index (χ0) is 14.8. The Morgan fingerprint density at radius 3 is 2.90 bits per heavy atom. The molecule has 2 atom stereocenters. The van der Waals surface area contributed by atoms with Crippen molar-refractivity contribution in [3.8, 4) is 0 Å². The third kappa shape index (κ3) is 2.92. The first-order valence-electron chi connectivity index (χ1n) is 7.74. The second-order valence-corrected chi connectivity index (χ2v) is 6.75. The molecule has 0 fully saturated rings. The van der Waals surface area contributed by atoms with E-state index in [0.29, 0.717) is 5.92 Å². The maximum absolute atomic E-state index is 6.61. The summed E-state index contributed by atoms with van der Waals surface area (Å²) in [6.07, 6.45) is 6.31. The monoisotopic (exact) mass is 347 g/mol. The number of nitrogens with zero attached hydrogens (tertiary/aromatic N) is 2. The molecule has 1 aromatic carbocycles. The van der Waals surface area contributed by atoms with E-state index in [9.17, 15) is 0 Å². The normalized spacial score (nSPS) is 19.3. The van der Waals surface area contributed by atoms with Gasteiger partial charge in [0.25, 0.3) is 0 Å². The van der Waals surface area contributed by atoms with E-state index in [1.54, 1.807) is 0 Å². The quantitative estimate of drug-likeness (QED) is 0.912. The van der Waals surface area contributed by atoms with E-state index in [1.807, 2.05) is 6.20 Å². The molecule has 4 heteroatoms. The van der Waals surface area contributed by atoms with Crippen molar-refractivity contribution in [2.24, 2.45) is 11.7 Å². The van der Waals surface area contributed by atoms with Crippen molar-refractivity contribution in [2.75, 3.05) is 0 Å². The Balaban J connectivity index is 1.84. The number of hydrogen-bond acceptors (Lipinski definition) is 2. The first-order chi connectivity index (χ1) is 10.2. The van der Waals surface area contributed by atoms with Gasteiger partial charge in [-0.1, -0.05) is 31.2 Å². The molecule has 1 aromatic heterocycles. The highest BCUT2D eigenvalue weighted by molar-refractivity contribution is 9.10. The van der Waals surface area contributed by atoms with Crippen LogP contribution in [0.5, 0.6) is 0 Å². The summed E-state index contributed by atoms with van der Waals surface area (Å²) in [4.78, 5) is 0. The van der Waals surface area contributed by atoms with Crippen LogP contribution in [-0.2, 0) is 19.4 Å². The molecule has 1 aliphatic carbocycles. The van der Waals surface area contributed by atoms with Gasteiger partial charge in [-0.3, -0.25) is 4.68 Å². The van der Waals surface area contributed by atoms with Crippen molar-refractivity contribution in [3.63, 3.8) is 0 Å². The van der Waals surface area contributed by atoms with E-state index >= 15 is 0 Å². The predicted molar refractivity (Wildman–Crippen MR) is 89.1 cm³/mol. The molecule has 0 amide bonds. The maximum Gasteiger partial charge on any atom is 0.0696 e. The molecule has 0 radical (unpaired) electrons.